The monoisotopic (exact) mass is 511 g/mol. The van der Waals surface area contributed by atoms with E-state index in [0.29, 0.717) is 44.4 Å². The van der Waals surface area contributed by atoms with Crippen LogP contribution < -0.4 is 21.1 Å². The number of pyridine rings is 1. The smallest absolute Gasteiger partial charge is 0.367 e. The minimum Gasteiger partial charge on any atom is -0.367 e. The van der Waals surface area contributed by atoms with Crippen molar-refractivity contribution in [3.8, 4) is 0 Å². The molecule has 0 saturated carbocycles. The van der Waals surface area contributed by atoms with Gasteiger partial charge in [-0.15, -0.1) is 0 Å². The third kappa shape index (κ3) is 5.14. The number of nitrogens with one attached hydrogen (secondary N) is 3. The van der Waals surface area contributed by atoms with Crippen molar-refractivity contribution in [2.45, 2.75) is 25.6 Å². The highest BCUT2D eigenvalue weighted by Crippen LogP contribution is 2.38. The Hall–Kier alpha value is -3.25. The largest absolute Gasteiger partial charge is 0.417 e. The molecular weight excluding hydrogens is 485 g/mol. The van der Waals surface area contributed by atoms with Gasteiger partial charge in [-0.25, -0.2) is 8.78 Å². The molecule has 4 rings (SSSR count). The van der Waals surface area contributed by atoms with Crippen molar-refractivity contribution in [2.75, 3.05) is 50.0 Å². The van der Waals surface area contributed by atoms with Crippen LogP contribution in [0.1, 0.15) is 34.8 Å². The molecule has 2 aliphatic rings. The van der Waals surface area contributed by atoms with Gasteiger partial charge in [-0.3, -0.25) is 9.59 Å². The van der Waals surface area contributed by atoms with Crippen LogP contribution in [0.5, 0.6) is 0 Å². The molecule has 7 nitrogen and oxygen atoms in total. The first-order valence-corrected chi connectivity index (χ1v) is 11.5. The molecule has 1 fully saturated rings. The first-order chi connectivity index (χ1) is 17.0. The number of anilines is 2. The van der Waals surface area contributed by atoms with Crippen LogP contribution in [0.25, 0.3) is 5.57 Å². The van der Waals surface area contributed by atoms with Crippen LogP contribution in [0.15, 0.2) is 29.2 Å². The molecule has 1 atom stereocenters. The van der Waals surface area contributed by atoms with Gasteiger partial charge in [0.05, 0.1) is 22.4 Å². The summed E-state index contributed by atoms with van der Waals surface area (Å²) in [6.45, 7) is 4.12. The maximum Gasteiger partial charge on any atom is 0.417 e. The van der Waals surface area contributed by atoms with Crippen LogP contribution in [0.4, 0.5) is 33.3 Å². The molecule has 2 aliphatic heterocycles. The van der Waals surface area contributed by atoms with Gasteiger partial charge in [-0.1, -0.05) is 6.08 Å². The Morgan fingerprint density at radius 2 is 1.94 bits per heavy atom. The predicted octanol–water partition coefficient (Wildman–Crippen LogP) is 3.44. The van der Waals surface area contributed by atoms with E-state index in [4.69, 9.17) is 0 Å². The Balaban J connectivity index is 1.82. The number of carbonyl (C=O) groups excluding carboxylic acids is 1. The van der Waals surface area contributed by atoms with E-state index in [1.54, 1.807) is 11.0 Å². The lowest BCUT2D eigenvalue weighted by Gasteiger charge is -2.40. The van der Waals surface area contributed by atoms with E-state index in [9.17, 15) is 22.8 Å². The Kier molecular flexibility index (Phi) is 7.19. The van der Waals surface area contributed by atoms with E-state index in [-0.39, 0.29) is 29.9 Å². The highest BCUT2D eigenvalue weighted by Gasteiger charge is 2.37. The second-order valence-electron chi connectivity index (χ2n) is 8.99. The molecule has 0 radical (unpaired) electrons. The fourth-order valence-electron chi connectivity index (χ4n) is 4.45. The summed E-state index contributed by atoms with van der Waals surface area (Å²) in [5.74, 6) is -3.19. The number of likely N-dealkylation sites (N-methyl/N-ethyl adjacent to an activating group) is 1. The van der Waals surface area contributed by atoms with Crippen LogP contribution in [0, 0.1) is 11.6 Å². The average molecular weight is 511 g/mol. The highest BCUT2D eigenvalue weighted by molar-refractivity contribution is 6.07. The van der Waals surface area contributed by atoms with E-state index < -0.39 is 46.1 Å². The lowest BCUT2D eigenvalue weighted by molar-refractivity contribution is -0.138. The molecule has 1 unspecified atom stereocenters. The van der Waals surface area contributed by atoms with E-state index in [0.717, 1.165) is 6.07 Å². The molecular formula is C24H26F5N5O2. The van der Waals surface area contributed by atoms with Gasteiger partial charge in [-0.05, 0) is 32.5 Å². The number of aromatic amines is 1. The number of carbonyl (C=O) groups is 1. The minimum atomic E-state index is -5.00. The molecule has 3 heterocycles. The molecule has 1 saturated heterocycles. The first kappa shape index (κ1) is 25.8. The number of alkyl halides is 3. The minimum absolute atomic E-state index is 0.0226. The van der Waals surface area contributed by atoms with E-state index in [1.807, 2.05) is 14.0 Å². The molecule has 1 aromatic carbocycles. The maximum atomic E-state index is 15.9. The standard InChI is InChI=1S/C24H26F5N5O2/c1-13-12-34(7-6-33(13)2)18-9-17(25)20(14-4-3-5-30-10-14)21(26)22(18)32-23(36)15-11-31-19(35)8-16(15)24(27,28)29/h4,8-9,11,13,30H,3,5-7,10,12H2,1-2H3,(H,31,35)(H,32,36). The molecule has 0 bridgehead atoms. The number of piperazine rings is 1. The topological polar surface area (TPSA) is 80.5 Å². The Bertz CT molecular complexity index is 1260. The average Bonchev–Trinajstić information content (AvgIpc) is 2.82. The van der Waals surface area contributed by atoms with Gasteiger partial charge in [-0.2, -0.15) is 13.2 Å². The third-order valence-electron chi connectivity index (χ3n) is 6.56. The fourth-order valence-corrected chi connectivity index (χ4v) is 4.45. The number of rotatable bonds is 4. The van der Waals surface area contributed by atoms with Crippen LogP contribution in [0.2, 0.25) is 0 Å². The zero-order valence-corrected chi connectivity index (χ0v) is 19.7. The molecule has 12 heteroatoms. The molecule has 2 aromatic rings. The van der Waals surface area contributed by atoms with Crippen molar-refractivity contribution in [2.24, 2.45) is 0 Å². The van der Waals surface area contributed by atoms with Crippen molar-refractivity contribution in [1.29, 1.82) is 0 Å². The molecule has 0 aliphatic carbocycles. The Labute approximate surface area is 204 Å². The van der Waals surface area contributed by atoms with E-state index in [1.165, 1.54) is 0 Å². The molecule has 194 valence electrons. The normalized spacial score (nSPS) is 19.2. The lowest BCUT2D eigenvalue weighted by atomic mass is 9.98. The number of nitrogens with zero attached hydrogens (tertiary/aromatic N) is 2. The summed E-state index contributed by atoms with van der Waals surface area (Å²) in [6.07, 6.45) is -2.14. The summed E-state index contributed by atoms with van der Waals surface area (Å²) in [5, 5.41) is 5.28. The number of H-pyrrole nitrogens is 1. The highest BCUT2D eigenvalue weighted by atomic mass is 19.4. The van der Waals surface area contributed by atoms with Crippen molar-refractivity contribution < 1.29 is 26.7 Å². The van der Waals surface area contributed by atoms with Crippen LogP contribution >= 0.6 is 0 Å². The summed E-state index contributed by atoms with van der Waals surface area (Å²) < 4.78 is 71.8. The van der Waals surface area contributed by atoms with Crippen molar-refractivity contribution >= 4 is 22.9 Å². The Morgan fingerprint density at radius 1 is 1.19 bits per heavy atom. The first-order valence-electron chi connectivity index (χ1n) is 11.5. The van der Waals surface area contributed by atoms with Crippen LogP contribution in [-0.2, 0) is 6.18 Å². The van der Waals surface area contributed by atoms with Crippen molar-refractivity contribution in [3.05, 3.63) is 63.1 Å². The molecule has 36 heavy (non-hydrogen) atoms. The maximum absolute atomic E-state index is 15.9. The SMILES string of the molecule is CC1CN(c2cc(F)c(C3=CCCNC3)c(F)c2NC(=O)c2c[nH]c(=O)cc2C(F)(F)F)CCN1C. The van der Waals surface area contributed by atoms with Crippen molar-refractivity contribution in [1.82, 2.24) is 15.2 Å². The van der Waals surface area contributed by atoms with Gasteiger partial charge >= 0.3 is 6.18 Å². The number of benzene rings is 1. The van der Waals surface area contributed by atoms with E-state index in [2.05, 4.69) is 20.5 Å². The number of halogens is 5. The van der Waals surface area contributed by atoms with Gasteiger partial charge in [0.25, 0.3) is 5.91 Å². The summed E-state index contributed by atoms with van der Waals surface area (Å²) in [5.41, 5.74) is -3.77. The number of aromatic nitrogens is 1. The summed E-state index contributed by atoms with van der Waals surface area (Å²) in [7, 11) is 1.91. The van der Waals surface area contributed by atoms with Gasteiger partial charge in [0.15, 0.2) is 5.82 Å². The molecule has 3 N–H and O–H groups in total. The molecule has 0 spiro atoms. The van der Waals surface area contributed by atoms with Gasteiger partial charge in [0.2, 0.25) is 5.56 Å². The fraction of sp³-hybridized carbons (Fsp3) is 0.417. The summed E-state index contributed by atoms with van der Waals surface area (Å²) in [6, 6.07) is 1.40. The molecule has 1 aromatic heterocycles. The van der Waals surface area contributed by atoms with Gasteiger partial charge < -0.3 is 25.4 Å². The van der Waals surface area contributed by atoms with Gasteiger partial charge in [0.1, 0.15) is 11.5 Å². The Morgan fingerprint density at radius 3 is 2.58 bits per heavy atom. The van der Waals surface area contributed by atoms with Crippen LogP contribution in [0.3, 0.4) is 0 Å². The van der Waals surface area contributed by atoms with Gasteiger partial charge in [0, 0.05) is 50.6 Å². The van der Waals surface area contributed by atoms with Crippen molar-refractivity contribution in [3.63, 3.8) is 0 Å². The second-order valence-corrected chi connectivity index (χ2v) is 8.99. The number of hydrogen-bond donors (Lipinski definition) is 3. The predicted molar refractivity (Wildman–Crippen MR) is 126 cm³/mol. The lowest BCUT2D eigenvalue weighted by Crippen LogP contribution is -2.50. The second kappa shape index (κ2) is 10.0. The summed E-state index contributed by atoms with van der Waals surface area (Å²) >= 11 is 0. The third-order valence-corrected chi connectivity index (χ3v) is 6.56. The zero-order valence-electron chi connectivity index (χ0n) is 19.7. The van der Waals surface area contributed by atoms with E-state index >= 15 is 8.78 Å². The number of amides is 1. The quantitative estimate of drug-likeness (QED) is 0.549. The number of hydrogen-bond acceptors (Lipinski definition) is 5. The summed E-state index contributed by atoms with van der Waals surface area (Å²) in [4.78, 5) is 30.3. The molecule has 1 amide bonds. The zero-order chi connectivity index (χ0) is 26.2. The van der Waals surface area contributed by atoms with Crippen LogP contribution in [-0.4, -0.2) is 61.6 Å².